The van der Waals surface area contributed by atoms with Crippen LogP contribution in [-0.2, 0) is 0 Å². The first-order chi connectivity index (χ1) is 9.58. The average Bonchev–Trinajstić information content (AvgIpc) is 2.87. The number of rotatable bonds is 4. The van der Waals surface area contributed by atoms with Crippen LogP contribution in [0.1, 0.15) is 23.2 Å². The number of likely N-dealkylation sites (tertiary alicyclic amines) is 1. The molecule has 0 radical (unpaired) electrons. The van der Waals surface area contributed by atoms with Gasteiger partial charge < -0.3 is 16.3 Å². The number of carbonyl (C=O) groups is 1. The lowest BCUT2D eigenvalue weighted by Crippen LogP contribution is -2.46. The highest BCUT2D eigenvalue weighted by Gasteiger charge is 2.21. The monoisotopic (exact) mass is 360 g/mol. The van der Waals surface area contributed by atoms with Crippen LogP contribution in [0.5, 0.6) is 0 Å². The summed E-state index contributed by atoms with van der Waals surface area (Å²) in [5.74, 6) is 0.192. The number of oxime groups is 1. The van der Waals surface area contributed by atoms with Gasteiger partial charge in [-0.1, -0.05) is 5.16 Å². The van der Waals surface area contributed by atoms with Crippen molar-refractivity contribution in [3.05, 3.63) is 20.8 Å². The molecule has 8 heteroatoms. The SMILES string of the molecule is NC(CN1CCC(NC(=O)c2csc(Br)c2)CC1)=NO. The minimum absolute atomic E-state index is 0.0261. The molecule has 0 saturated carbocycles. The number of nitrogens with one attached hydrogen (secondary N) is 1. The normalized spacial score (nSPS) is 18.1. The second kappa shape index (κ2) is 7.05. The van der Waals surface area contributed by atoms with Gasteiger partial charge in [0.2, 0.25) is 0 Å². The Bertz CT molecular complexity index is 497. The van der Waals surface area contributed by atoms with Crippen LogP contribution in [0.4, 0.5) is 0 Å². The third-order valence-corrected chi connectivity index (χ3v) is 4.77. The maximum Gasteiger partial charge on any atom is 0.252 e. The lowest BCUT2D eigenvalue weighted by Gasteiger charge is -2.31. The topological polar surface area (TPSA) is 91.0 Å². The largest absolute Gasteiger partial charge is 0.409 e. The molecule has 4 N–H and O–H groups in total. The van der Waals surface area contributed by atoms with Gasteiger partial charge in [0.05, 0.1) is 15.9 Å². The van der Waals surface area contributed by atoms with Crippen LogP contribution in [0, 0.1) is 0 Å². The zero-order valence-corrected chi connectivity index (χ0v) is 13.3. The van der Waals surface area contributed by atoms with E-state index < -0.39 is 0 Å². The van der Waals surface area contributed by atoms with E-state index in [1.165, 1.54) is 11.3 Å². The number of nitrogens with two attached hydrogens (primary N) is 1. The number of hydrogen-bond acceptors (Lipinski definition) is 5. The Kier molecular flexibility index (Phi) is 5.38. The first-order valence-corrected chi connectivity index (χ1v) is 7.99. The van der Waals surface area contributed by atoms with Crippen molar-refractivity contribution in [2.75, 3.05) is 19.6 Å². The van der Waals surface area contributed by atoms with Crippen molar-refractivity contribution in [2.24, 2.45) is 10.9 Å². The van der Waals surface area contributed by atoms with Crippen molar-refractivity contribution in [3.63, 3.8) is 0 Å². The van der Waals surface area contributed by atoms with Crippen LogP contribution in [0.3, 0.4) is 0 Å². The molecule has 0 aromatic carbocycles. The van der Waals surface area contributed by atoms with Gasteiger partial charge >= 0.3 is 0 Å². The molecule has 2 heterocycles. The van der Waals surface area contributed by atoms with E-state index in [2.05, 4.69) is 31.3 Å². The van der Waals surface area contributed by atoms with Gasteiger partial charge in [0, 0.05) is 24.5 Å². The summed E-state index contributed by atoms with van der Waals surface area (Å²) < 4.78 is 0.955. The molecule has 0 aliphatic carbocycles. The summed E-state index contributed by atoms with van der Waals surface area (Å²) in [6, 6.07) is 2.01. The van der Waals surface area contributed by atoms with E-state index in [4.69, 9.17) is 10.9 Å². The van der Waals surface area contributed by atoms with E-state index in [-0.39, 0.29) is 17.8 Å². The van der Waals surface area contributed by atoms with Crippen molar-refractivity contribution in [2.45, 2.75) is 18.9 Å². The number of carbonyl (C=O) groups excluding carboxylic acids is 1. The summed E-state index contributed by atoms with van der Waals surface area (Å²) in [7, 11) is 0. The number of nitrogens with zero attached hydrogens (tertiary/aromatic N) is 2. The van der Waals surface area contributed by atoms with Gasteiger partial charge in [-0.15, -0.1) is 11.3 Å². The van der Waals surface area contributed by atoms with Crippen molar-refractivity contribution in [1.29, 1.82) is 0 Å². The standard InChI is InChI=1S/C12H17BrN4O2S/c13-10-5-8(7-20-10)12(18)15-9-1-3-17(4-2-9)6-11(14)16-19/h5,7,9,19H,1-4,6H2,(H2,14,16)(H,15,18). The highest BCUT2D eigenvalue weighted by molar-refractivity contribution is 9.11. The van der Waals surface area contributed by atoms with E-state index in [1.54, 1.807) is 0 Å². The van der Waals surface area contributed by atoms with E-state index in [1.807, 2.05) is 11.4 Å². The quantitative estimate of drug-likeness (QED) is 0.328. The van der Waals surface area contributed by atoms with Crippen molar-refractivity contribution < 1.29 is 10.0 Å². The zero-order valence-electron chi connectivity index (χ0n) is 10.9. The molecular weight excluding hydrogens is 344 g/mol. The molecule has 0 bridgehead atoms. The molecular formula is C12H17BrN4O2S. The maximum absolute atomic E-state index is 12.0. The second-order valence-corrected chi connectivity index (χ2v) is 7.05. The Morgan fingerprint density at radius 1 is 1.60 bits per heavy atom. The number of hydrogen-bond donors (Lipinski definition) is 3. The van der Waals surface area contributed by atoms with E-state index in [0.29, 0.717) is 12.1 Å². The number of piperidine rings is 1. The number of amidine groups is 1. The minimum atomic E-state index is -0.0261. The highest BCUT2D eigenvalue weighted by Crippen LogP contribution is 2.21. The highest BCUT2D eigenvalue weighted by atomic mass is 79.9. The van der Waals surface area contributed by atoms with Gasteiger partial charge in [0.15, 0.2) is 5.84 Å². The fourth-order valence-electron chi connectivity index (χ4n) is 2.19. The molecule has 6 nitrogen and oxygen atoms in total. The van der Waals surface area contributed by atoms with Crippen LogP contribution in [-0.4, -0.2) is 47.5 Å². The Labute approximate surface area is 129 Å². The van der Waals surface area contributed by atoms with Crippen LogP contribution in [0.15, 0.2) is 20.4 Å². The Morgan fingerprint density at radius 3 is 2.85 bits per heavy atom. The first-order valence-electron chi connectivity index (χ1n) is 6.32. The molecule has 2 rings (SSSR count). The fourth-order valence-corrected chi connectivity index (χ4v) is 3.33. The van der Waals surface area contributed by atoms with Crippen LogP contribution < -0.4 is 11.1 Å². The smallest absolute Gasteiger partial charge is 0.252 e. The first kappa shape index (κ1) is 15.3. The summed E-state index contributed by atoms with van der Waals surface area (Å²) >= 11 is 4.85. The van der Waals surface area contributed by atoms with Gasteiger partial charge in [-0.05, 0) is 34.8 Å². The van der Waals surface area contributed by atoms with E-state index in [9.17, 15) is 4.79 Å². The molecule has 1 amide bonds. The van der Waals surface area contributed by atoms with E-state index >= 15 is 0 Å². The van der Waals surface area contributed by atoms with Gasteiger partial charge in [-0.2, -0.15) is 0 Å². The second-order valence-electron chi connectivity index (χ2n) is 4.75. The lowest BCUT2D eigenvalue weighted by molar-refractivity contribution is 0.0915. The summed E-state index contributed by atoms with van der Waals surface area (Å²) in [4.78, 5) is 14.1. The molecule has 1 aliphatic rings. The van der Waals surface area contributed by atoms with Crippen LogP contribution in [0.2, 0.25) is 0 Å². The third kappa shape index (κ3) is 4.19. The molecule has 1 aromatic rings. The van der Waals surface area contributed by atoms with Crippen molar-refractivity contribution >= 4 is 39.0 Å². The number of thiophene rings is 1. The Morgan fingerprint density at radius 2 is 2.30 bits per heavy atom. The lowest BCUT2D eigenvalue weighted by atomic mass is 10.0. The summed E-state index contributed by atoms with van der Waals surface area (Å²) in [5, 5.41) is 16.4. The van der Waals surface area contributed by atoms with Crippen molar-refractivity contribution in [3.8, 4) is 0 Å². The summed E-state index contributed by atoms with van der Waals surface area (Å²) in [5.41, 5.74) is 6.18. The number of halogens is 1. The maximum atomic E-state index is 12.0. The van der Waals surface area contributed by atoms with Crippen molar-refractivity contribution in [1.82, 2.24) is 10.2 Å². The van der Waals surface area contributed by atoms with Crippen LogP contribution >= 0.6 is 27.3 Å². The molecule has 1 aromatic heterocycles. The third-order valence-electron chi connectivity index (χ3n) is 3.27. The predicted octanol–water partition coefficient (Wildman–Crippen LogP) is 1.45. The molecule has 110 valence electrons. The Balaban J connectivity index is 1.78. The van der Waals surface area contributed by atoms with Gasteiger partial charge in [-0.3, -0.25) is 9.69 Å². The average molecular weight is 361 g/mol. The molecule has 1 aliphatic heterocycles. The van der Waals surface area contributed by atoms with Gasteiger partial charge in [0.1, 0.15) is 0 Å². The molecule has 0 spiro atoms. The molecule has 0 atom stereocenters. The van der Waals surface area contributed by atoms with Gasteiger partial charge in [0.25, 0.3) is 5.91 Å². The molecule has 20 heavy (non-hydrogen) atoms. The minimum Gasteiger partial charge on any atom is -0.409 e. The Hall–Kier alpha value is -1.12. The molecule has 0 unspecified atom stereocenters. The number of amides is 1. The van der Waals surface area contributed by atoms with Crippen LogP contribution in [0.25, 0.3) is 0 Å². The zero-order chi connectivity index (χ0) is 14.5. The van der Waals surface area contributed by atoms with E-state index in [0.717, 1.165) is 29.7 Å². The summed E-state index contributed by atoms with van der Waals surface area (Å²) in [6.07, 6.45) is 1.74. The molecule has 1 fully saturated rings. The fraction of sp³-hybridized carbons (Fsp3) is 0.500. The predicted molar refractivity (Wildman–Crippen MR) is 82.4 cm³/mol. The summed E-state index contributed by atoms with van der Waals surface area (Å²) in [6.45, 7) is 2.12. The molecule has 1 saturated heterocycles. The van der Waals surface area contributed by atoms with Gasteiger partial charge in [-0.25, -0.2) is 0 Å².